The number of aliphatic hydroxyl groups is 1. The van der Waals surface area contributed by atoms with Gasteiger partial charge in [-0.3, -0.25) is 0 Å². The van der Waals surface area contributed by atoms with Crippen LogP contribution >= 0.6 is 0 Å². The molecule has 0 aliphatic heterocycles. The first kappa shape index (κ1) is 11.8. The Morgan fingerprint density at radius 2 is 1.24 bits per heavy atom. The number of benzene rings is 2. The third kappa shape index (κ3) is 2.73. The fourth-order valence-corrected chi connectivity index (χ4v) is 2.02. The summed E-state index contributed by atoms with van der Waals surface area (Å²) in [5.41, 5.74) is 10.3. The van der Waals surface area contributed by atoms with E-state index in [-0.39, 0.29) is 6.61 Å². The molecule has 88 valence electrons. The monoisotopic (exact) mass is 227 g/mol. The number of hydrogen-bond donors (Lipinski definition) is 2. The lowest BCUT2D eigenvalue weighted by Crippen LogP contribution is -2.03. The van der Waals surface area contributed by atoms with E-state index in [9.17, 15) is 5.11 Å². The molecule has 0 unspecified atom stereocenters. The molecular weight excluding hydrogens is 210 g/mol. The molecule has 17 heavy (non-hydrogen) atoms. The summed E-state index contributed by atoms with van der Waals surface area (Å²) in [5.74, 6) is 0. The average Bonchev–Trinajstić information content (AvgIpc) is 2.40. The fraction of sp³-hybridized carbons (Fsp3) is 0.200. The van der Waals surface area contributed by atoms with E-state index in [0.717, 1.165) is 17.5 Å². The molecule has 0 atom stereocenters. The van der Waals surface area contributed by atoms with Gasteiger partial charge in [0.15, 0.2) is 0 Å². The zero-order valence-corrected chi connectivity index (χ0v) is 9.76. The van der Waals surface area contributed by atoms with Crippen LogP contribution in [0.5, 0.6) is 0 Å². The molecule has 0 amide bonds. The van der Waals surface area contributed by atoms with E-state index in [1.807, 2.05) is 30.3 Å². The van der Waals surface area contributed by atoms with E-state index >= 15 is 0 Å². The molecule has 2 nitrogen and oxygen atoms in total. The molecule has 0 fully saturated rings. The molecule has 0 heterocycles. The van der Waals surface area contributed by atoms with Crippen molar-refractivity contribution in [3.8, 4) is 0 Å². The second-order valence-corrected chi connectivity index (χ2v) is 4.08. The van der Waals surface area contributed by atoms with Gasteiger partial charge in [0.2, 0.25) is 0 Å². The predicted octanol–water partition coefficient (Wildman–Crippen LogP) is 2.23. The van der Waals surface area contributed by atoms with Crippen molar-refractivity contribution < 1.29 is 5.11 Å². The molecule has 0 aromatic heterocycles. The Labute approximate surface area is 102 Å². The van der Waals surface area contributed by atoms with Gasteiger partial charge >= 0.3 is 0 Å². The summed E-state index contributed by atoms with van der Waals surface area (Å²) in [7, 11) is 0. The lowest BCUT2D eigenvalue weighted by atomic mass is 9.97. The Bertz CT molecular complexity index is 448. The van der Waals surface area contributed by atoms with Gasteiger partial charge < -0.3 is 10.8 Å². The van der Waals surface area contributed by atoms with Crippen LogP contribution in [0.3, 0.4) is 0 Å². The van der Waals surface area contributed by atoms with E-state index < -0.39 is 0 Å². The van der Waals surface area contributed by atoms with Gasteiger partial charge in [-0.15, -0.1) is 0 Å². The minimum Gasteiger partial charge on any atom is -0.392 e. The molecule has 0 radical (unpaired) electrons. The Morgan fingerprint density at radius 3 is 1.76 bits per heavy atom. The molecule has 3 N–H and O–H groups in total. The molecule has 0 saturated carbocycles. The quantitative estimate of drug-likeness (QED) is 0.841. The normalized spacial score (nSPS) is 10.5. The van der Waals surface area contributed by atoms with Gasteiger partial charge in [-0.1, -0.05) is 48.5 Å². The first-order valence-corrected chi connectivity index (χ1v) is 5.79. The molecule has 0 aliphatic rings. The van der Waals surface area contributed by atoms with Gasteiger partial charge in [0.25, 0.3) is 0 Å². The first-order chi connectivity index (χ1) is 8.35. The van der Waals surface area contributed by atoms with Crippen LogP contribution in [0.1, 0.15) is 22.3 Å². The van der Waals surface area contributed by atoms with Gasteiger partial charge in [0, 0.05) is 6.54 Å². The molecular formula is C15H17NO. The van der Waals surface area contributed by atoms with E-state index in [1.165, 1.54) is 11.1 Å². The molecule has 0 saturated heterocycles. The molecule has 2 rings (SSSR count). The van der Waals surface area contributed by atoms with Gasteiger partial charge in [-0.25, -0.2) is 0 Å². The lowest BCUT2D eigenvalue weighted by Gasteiger charge is -2.10. The molecule has 0 aliphatic carbocycles. The van der Waals surface area contributed by atoms with Crippen molar-refractivity contribution in [2.24, 2.45) is 5.73 Å². The predicted molar refractivity (Wildman–Crippen MR) is 69.5 cm³/mol. The largest absolute Gasteiger partial charge is 0.392 e. The summed E-state index contributed by atoms with van der Waals surface area (Å²) >= 11 is 0. The van der Waals surface area contributed by atoms with E-state index in [0.29, 0.717) is 6.54 Å². The number of rotatable bonds is 4. The lowest BCUT2D eigenvalue weighted by molar-refractivity contribution is 0.281. The van der Waals surface area contributed by atoms with E-state index in [1.54, 1.807) is 0 Å². The number of nitrogens with two attached hydrogens (primary N) is 1. The van der Waals surface area contributed by atoms with Crippen LogP contribution < -0.4 is 5.73 Å². The summed E-state index contributed by atoms with van der Waals surface area (Å²) in [6, 6.07) is 16.1. The van der Waals surface area contributed by atoms with Gasteiger partial charge in [0.05, 0.1) is 6.61 Å². The van der Waals surface area contributed by atoms with Crippen molar-refractivity contribution >= 4 is 0 Å². The minimum atomic E-state index is 0.0843. The summed E-state index contributed by atoms with van der Waals surface area (Å²) in [6.07, 6.45) is 0.824. The van der Waals surface area contributed by atoms with Gasteiger partial charge in [-0.05, 0) is 28.7 Å². The first-order valence-electron chi connectivity index (χ1n) is 5.79. The zero-order valence-electron chi connectivity index (χ0n) is 9.76. The van der Waals surface area contributed by atoms with Crippen LogP contribution in [0.15, 0.2) is 48.5 Å². The van der Waals surface area contributed by atoms with E-state index in [4.69, 9.17) is 5.73 Å². The Kier molecular flexibility index (Phi) is 3.91. The highest BCUT2D eigenvalue weighted by Crippen LogP contribution is 2.17. The second kappa shape index (κ2) is 5.62. The molecule has 0 spiro atoms. The SMILES string of the molecule is NCc1ccccc1Cc1ccccc1CO. The van der Waals surface area contributed by atoms with Gasteiger partial charge in [0.1, 0.15) is 0 Å². The van der Waals surface area contributed by atoms with Crippen molar-refractivity contribution in [3.05, 3.63) is 70.8 Å². The molecule has 2 aromatic carbocycles. The third-order valence-electron chi connectivity index (χ3n) is 3.01. The second-order valence-electron chi connectivity index (χ2n) is 4.08. The van der Waals surface area contributed by atoms with Crippen LogP contribution in [0, 0.1) is 0 Å². The highest BCUT2D eigenvalue weighted by molar-refractivity contribution is 5.36. The Morgan fingerprint density at radius 1 is 0.765 bits per heavy atom. The van der Waals surface area contributed by atoms with Crippen LogP contribution in [0.4, 0.5) is 0 Å². The summed E-state index contributed by atoms with van der Waals surface area (Å²) in [6.45, 7) is 0.637. The maximum Gasteiger partial charge on any atom is 0.0684 e. The van der Waals surface area contributed by atoms with Crippen LogP contribution in [0.25, 0.3) is 0 Å². The van der Waals surface area contributed by atoms with Crippen LogP contribution in [-0.2, 0) is 19.6 Å². The minimum absolute atomic E-state index is 0.0843. The fourth-order valence-electron chi connectivity index (χ4n) is 2.02. The molecule has 2 aromatic rings. The highest BCUT2D eigenvalue weighted by Gasteiger charge is 2.04. The topological polar surface area (TPSA) is 46.2 Å². The average molecular weight is 227 g/mol. The summed E-state index contributed by atoms with van der Waals surface area (Å²) < 4.78 is 0. The highest BCUT2D eigenvalue weighted by atomic mass is 16.3. The van der Waals surface area contributed by atoms with Crippen molar-refractivity contribution in [1.29, 1.82) is 0 Å². The van der Waals surface area contributed by atoms with Crippen molar-refractivity contribution in [1.82, 2.24) is 0 Å². The smallest absolute Gasteiger partial charge is 0.0684 e. The Hall–Kier alpha value is -1.64. The van der Waals surface area contributed by atoms with Crippen molar-refractivity contribution in [2.45, 2.75) is 19.6 Å². The number of hydrogen-bond acceptors (Lipinski definition) is 2. The van der Waals surface area contributed by atoms with Crippen molar-refractivity contribution in [3.63, 3.8) is 0 Å². The molecule has 2 heteroatoms. The maximum absolute atomic E-state index is 9.30. The van der Waals surface area contributed by atoms with Crippen molar-refractivity contribution in [2.75, 3.05) is 0 Å². The standard InChI is InChI=1S/C15H17NO/c16-10-14-7-3-1-5-12(14)9-13-6-2-4-8-15(13)11-17/h1-8,17H,9-11,16H2. The molecule has 0 bridgehead atoms. The number of aliphatic hydroxyl groups excluding tert-OH is 1. The van der Waals surface area contributed by atoms with Gasteiger partial charge in [-0.2, -0.15) is 0 Å². The summed E-state index contributed by atoms with van der Waals surface area (Å²) in [5, 5.41) is 9.30. The third-order valence-corrected chi connectivity index (χ3v) is 3.01. The maximum atomic E-state index is 9.30. The van der Waals surface area contributed by atoms with Crippen LogP contribution in [0.2, 0.25) is 0 Å². The summed E-state index contributed by atoms with van der Waals surface area (Å²) in [4.78, 5) is 0. The zero-order chi connectivity index (χ0) is 12.1. The van der Waals surface area contributed by atoms with Crippen LogP contribution in [-0.4, -0.2) is 5.11 Å². The Balaban J connectivity index is 2.31. The van der Waals surface area contributed by atoms with E-state index in [2.05, 4.69) is 18.2 Å².